The van der Waals surface area contributed by atoms with E-state index in [1.807, 2.05) is 58.0 Å². The Kier molecular flexibility index (Phi) is 7.23. The van der Waals surface area contributed by atoms with Crippen molar-refractivity contribution in [1.29, 1.82) is 0 Å². The summed E-state index contributed by atoms with van der Waals surface area (Å²) in [7, 11) is 0. The van der Waals surface area contributed by atoms with Gasteiger partial charge in [0.2, 0.25) is 0 Å². The molecule has 0 amide bonds. The first-order chi connectivity index (χ1) is 10.7. The maximum absolute atomic E-state index is 12.2. The number of nitrogens with zero attached hydrogens (tertiary/aromatic N) is 1. The fraction of sp³-hybridized carbons (Fsp3) is 0.556. The molecular weight excluding hydrogens is 294 g/mol. The van der Waals surface area contributed by atoms with E-state index < -0.39 is 11.6 Å². The Morgan fingerprint density at radius 3 is 2.30 bits per heavy atom. The molecule has 0 saturated heterocycles. The highest BCUT2D eigenvalue weighted by Crippen LogP contribution is 2.10. The topological polar surface area (TPSA) is 55.8 Å². The van der Waals surface area contributed by atoms with Gasteiger partial charge < -0.3 is 9.47 Å². The van der Waals surface area contributed by atoms with Crippen LogP contribution >= 0.6 is 0 Å². The number of hydrogen-bond acceptors (Lipinski definition) is 5. The number of carbonyl (C=O) groups is 2. The van der Waals surface area contributed by atoms with Crippen molar-refractivity contribution in [3.8, 4) is 0 Å². The van der Waals surface area contributed by atoms with Gasteiger partial charge in [0.25, 0.3) is 0 Å². The average Bonchev–Trinajstić information content (AvgIpc) is 2.48. The molecule has 0 heterocycles. The zero-order valence-electron chi connectivity index (χ0n) is 14.7. The van der Waals surface area contributed by atoms with Gasteiger partial charge in [0.1, 0.15) is 18.2 Å². The normalized spacial score (nSPS) is 12.8. The summed E-state index contributed by atoms with van der Waals surface area (Å²) in [5.74, 6) is -0.693. The smallest absolute Gasteiger partial charge is 0.323 e. The third-order valence-corrected chi connectivity index (χ3v) is 3.27. The summed E-state index contributed by atoms with van der Waals surface area (Å²) in [5, 5.41) is 0. The van der Waals surface area contributed by atoms with Gasteiger partial charge in [-0.25, -0.2) is 0 Å². The molecule has 1 rings (SSSR count). The number of rotatable bonds is 7. The zero-order chi connectivity index (χ0) is 17.5. The molecular formula is C18H27NO4. The van der Waals surface area contributed by atoms with E-state index in [-0.39, 0.29) is 25.1 Å². The Bertz CT molecular complexity index is 508. The van der Waals surface area contributed by atoms with Crippen LogP contribution in [0.15, 0.2) is 30.3 Å². The monoisotopic (exact) mass is 321 g/mol. The molecule has 1 aromatic carbocycles. The molecule has 0 fully saturated rings. The molecule has 23 heavy (non-hydrogen) atoms. The second-order valence-electron chi connectivity index (χ2n) is 6.42. The Morgan fingerprint density at radius 2 is 1.78 bits per heavy atom. The maximum atomic E-state index is 12.2. The first kappa shape index (κ1) is 19.2. The highest BCUT2D eigenvalue weighted by Gasteiger charge is 2.25. The van der Waals surface area contributed by atoms with Crippen molar-refractivity contribution < 1.29 is 19.1 Å². The number of carbonyl (C=O) groups excluding carboxylic acids is 2. The number of ether oxygens (including phenoxy) is 2. The molecule has 0 N–H and O–H groups in total. The van der Waals surface area contributed by atoms with E-state index in [9.17, 15) is 9.59 Å². The maximum Gasteiger partial charge on any atom is 0.323 e. The lowest BCUT2D eigenvalue weighted by atomic mass is 10.2. The minimum absolute atomic E-state index is 0.0649. The van der Waals surface area contributed by atoms with E-state index in [0.29, 0.717) is 6.54 Å². The lowest BCUT2D eigenvalue weighted by Crippen LogP contribution is -2.44. The van der Waals surface area contributed by atoms with Crippen molar-refractivity contribution >= 4 is 11.9 Å². The van der Waals surface area contributed by atoms with E-state index in [1.165, 1.54) is 0 Å². The minimum atomic E-state index is -0.534. The minimum Gasteiger partial charge on any atom is -0.460 e. The van der Waals surface area contributed by atoms with Crippen molar-refractivity contribution in [1.82, 2.24) is 4.90 Å². The van der Waals surface area contributed by atoms with Crippen molar-refractivity contribution in [2.45, 2.75) is 52.9 Å². The van der Waals surface area contributed by atoms with Gasteiger partial charge in [0.05, 0.1) is 6.54 Å². The predicted octanol–water partition coefficient (Wildman–Crippen LogP) is 2.78. The Morgan fingerprint density at radius 1 is 1.17 bits per heavy atom. The SMILES string of the molecule is CCN(CC(=O)OC(C)(C)C)[C@@H](C)C(=O)OCc1ccccc1. The van der Waals surface area contributed by atoms with Crippen LogP contribution in [0.3, 0.4) is 0 Å². The fourth-order valence-electron chi connectivity index (χ4n) is 2.06. The summed E-state index contributed by atoms with van der Waals surface area (Å²) in [6.45, 7) is 9.94. The molecule has 5 nitrogen and oxygen atoms in total. The molecule has 0 saturated carbocycles. The quantitative estimate of drug-likeness (QED) is 0.723. The Hall–Kier alpha value is -1.88. The van der Waals surface area contributed by atoms with E-state index in [2.05, 4.69) is 0 Å². The zero-order valence-corrected chi connectivity index (χ0v) is 14.7. The van der Waals surface area contributed by atoms with E-state index in [1.54, 1.807) is 11.8 Å². The first-order valence-electron chi connectivity index (χ1n) is 7.89. The van der Waals surface area contributed by atoms with Gasteiger partial charge in [-0.05, 0) is 39.8 Å². The summed E-state index contributed by atoms with van der Waals surface area (Å²) in [6, 6.07) is 9.00. The average molecular weight is 321 g/mol. The molecule has 1 atom stereocenters. The van der Waals surface area contributed by atoms with Crippen LogP contribution in [0.25, 0.3) is 0 Å². The number of hydrogen-bond donors (Lipinski definition) is 0. The third-order valence-electron chi connectivity index (χ3n) is 3.27. The van der Waals surface area contributed by atoms with Crippen LogP contribution in [-0.4, -0.2) is 41.6 Å². The van der Waals surface area contributed by atoms with Crippen LogP contribution in [0, 0.1) is 0 Å². The first-order valence-corrected chi connectivity index (χ1v) is 7.89. The van der Waals surface area contributed by atoms with Crippen molar-refractivity contribution in [2.75, 3.05) is 13.1 Å². The molecule has 0 aliphatic heterocycles. The van der Waals surface area contributed by atoms with Gasteiger partial charge in [-0.2, -0.15) is 0 Å². The molecule has 0 radical (unpaired) electrons. The van der Waals surface area contributed by atoms with Crippen LogP contribution in [-0.2, 0) is 25.7 Å². The van der Waals surface area contributed by atoms with Crippen LogP contribution in [0.5, 0.6) is 0 Å². The highest BCUT2D eigenvalue weighted by molar-refractivity contribution is 5.77. The van der Waals surface area contributed by atoms with Gasteiger partial charge in [-0.1, -0.05) is 37.3 Å². The molecule has 0 aromatic heterocycles. The van der Waals surface area contributed by atoms with Gasteiger partial charge in [-0.3, -0.25) is 14.5 Å². The second-order valence-corrected chi connectivity index (χ2v) is 6.42. The van der Waals surface area contributed by atoms with E-state index in [0.717, 1.165) is 5.56 Å². The molecule has 0 spiro atoms. The summed E-state index contributed by atoms with van der Waals surface area (Å²) >= 11 is 0. The van der Waals surface area contributed by atoms with Crippen LogP contribution < -0.4 is 0 Å². The Balaban J connectivity index is 2.52. The van der Waals surface area contributed by atoms with Gasteiger partial charge in [0, 0.05) is 0 Å². The van der Waals surface area contributed by atoms with Gasteiger partial charge >= 0.3 is 11.9 Å². The largest absolute Gasteiger partial charge is 0.460 e. The van der Waals surface area contributed by atoms with Crippen molar-refractivity contribution in [3.05, 3.63) is 35.9 Å². The van der Waals surface area contributed by atoms with Crippen LogP contribution in [0.2, 0.25) is 0 Å². The van der Waals surface area contributed by atoms with Crippen molar-refractivity contribution in [3.63, 3.8) is 0 Å². The van der Waals surface area contributed by atoms with Crippen LogP contribution in [0.4, 0.5) is 0 Å². The molecule has 0 bridgehead atoms. The van der Waals surface area contributed by atoms with Crippen molar-refractivity contribution in [2.24, 2.45) is 0 Å². The standard InChI is InChI=1S/C18H27NO4/c1-6-19(12-16(20)23-18(3,4)5)14(2)17(21)22-13-15-10-8-7-9-11-15/h7-11,14H,6,12-13H2,1-5H3/t14-/m0/s1. The second kappa shape index (κ2) is 8.67. The molecule has 128 valence electrons. The van der Waals surface area contributed by atoms with Gasteiger partial charge in [-0.15, -0.1) is 0 Å². The number of esters is 2. The summed E-state index contributed by atoms with van der Waals surface area (Å²) < 4.78 is 10.6. The van der Waals surface area contributed by atoms with Gasteiger partial charge in [0.15, 0.2) is 0 Å². The number of likely N-dealkylation sites (N-methyl/N-ethyl adjacent to an activating group) is 1. The molecule has 0 unspecified atom stereocenters. The lowest BCUT2D eigenvalue weighted by molar-refractivity contribution is -0.159. The summed E-state index contributed by atoms with van der Waals surface area (Å²) in [5.41, 5.74) is 0.399. The molecule has 0 aliphatic carbocycles. The molecule has 0 aliphatic rings. The predicted molar refractivity (Wildman–Crippen MR) is 88.8 cm³/mol. The third kappa shape index (κ3) is 7.28. The van der Waals surface area contributed by atoms with Crippen LogP contribution in [0.1, 0.15) is 40.2 Å². The summed E-state index contributed by atoms with van der Waals surface area (Å²) in [6.07, 6.45) is 0. The number of benzene rings is 1. The molecule has 5 heteroatoms. The summed E-state index contributed by atoms with van der Waals surface area (Å²) in [4.78, 5) is 25.8. The molecule has 1 aromatic rings. The van der Waals surface area contributed by atoms with E-state index in [4.69, 9.17) is 9.47 Å². The highest BCUT2D eigenvalue weighted by atomic mass is 16.6. The Labute approximate surface area is 138 Å². The lowest BCUT2D eigenvalue weighted by Gasteiger charge is -2.27. The fourth-order valence-corrected chi connectivity index (χ4v) is 2.06. The van der Waals surface area contributed by atoms with E-state index >= 15 is 0 Å².